The number of amides is 1. The Balaban J connectivity index is 1.71. The number of nitrogens with two attached hydrogens (primary N) is 1. The fourth-order valence-corrected chi connectivity index (χ4v) is 2.17. The van der Waals surface area contributed by atoms with Crippen LogP contribution in [0.5, 0.6) is 11.5 Å². The van der Waals surface area contributed by atoms with Gasteiger partial charge < -0.3 is 20.5 Å². The maximum atomic E-state index is 12.0. The molecule has 0 unspecified atom stereocenters. The summed E-state index contributed by atoms with van der Waals surface area (Å²) < 4.78 is 10.5. The van der Waals surface area contributed by atoms with Gasteiger partial charge in [-0.25, -0.2) is 0 Å². The van der Waals surface area contributed by atoms with Crippen molar-refractivity contribution in [3.8, 4) is 11.5 Å². The van der Waals surface area contributed by atoms with Crippen LogP contribution in [0.15, 0.2) is 36.4 Å². The molecule has 3 rings (SSSR count). The van der Waals surface area contributed by atoms with Gasteiger partial charge in [0.05, 0.1) is 17.8 Å². The van der Waals surface area contributed by atoms with Crippen molar-refractivity contribution in [1.29, 1.82) is 0 Å². The molecule has 0 fully saturated rings. The topological polar surface area (TPSA) is 73.6 Å². The molecule has 6 heteroatoms. The van der Waals surface area contributed by atoms with Crippen LogP contribution in [0, 0.1) is 0 Å². The smallest absolute Gasteiger partial charge is 0.231 e. The summed E-state index contributed by atoms with van der Waals surface area (Å²) >= 11 is 5.81. The van der Waals surface area contributed by atoms with Gasteiger partial charge in [-0.1, -0.05) is 23.7 Å². The lowest BCUT2D eigenvalue weighted by atomic mass is 10.1. The molecule has 108 valence electrons. The SMILES string of the molecule is Nc1cc2c(cc1NC(=O)Cc1ccc(Cl)cc1)OCO2. The molecule has 0 aromatic heterocycles. The van der Waals surface area contributed by atoms with E-state index < -0.39 is 0 Å². The molecule has 5 nitrogen and oxygen atoms in total. The number of nitrogens with one attached hydrogen (secondary N) is 1. The molecule has 1 aliphatic heterocycles. The Morgan fingerprint density at radius 2 is 1.86 bits per heavy atom. The van der Waals surface area contributed by atoms with Gasteiger partial charge in [0.25, 0.3) is 0 Å². The maximum absolute atomic E-state index is 12.0. The molecule has 0 saturated carbocycles. The second-order valence-electron chi connectivity index (χ2n) is 4.64. The van der Waals surface area contributed by atoms with Gasteiger partial charge in [0.2, 0.25) is 12.7 Å². The molecule has 21 heavy (non-hydrogen) atoms. The molecule has 0 spiro atoms. The van der Waals surface area contributed by atoms with Crippen molar-refractivity contribution in [1.82, 2.24) is 0 Å². The van der Waals surface area contributed by atoms with Gasteiger partial charge in [-0.2, -0.15) is 0 Å². The fourth-order valence-electron chi connectivity index (χ4n) is 2.05. The predicted octanol–water partition coefficient (Wildman–Crippen LogP) is 2.83. The number of fused-ring (bicyclic) bond motifs is 1. The predicted molar refractivity (Wildman–Crippen MR) is 80.8 cm³/mol. The zero-order valence-electron chi connectivity index (χ0n) is 11.1. The molecule has 0 atom stereocenters. The number of hydrogen-bond donors (Lipinski definition) is 2. The monoisotopic (exact) mass is 304 g/mol. The standard InChI is InChI=1S/C15H13ClN2O3/c16-10-3-1-9(2-4-10)5-15(19)18-12-7-14-13(6-11(12)17)20-8-21-14/h1-4,6-7H,5,8,17H2,(H,18,19). The lowest BCUT2D eigenvalue weighted by Crippen LogP contribution is -2.15. The van der Waals surface area contributed by atoms with E-state index in [1.165, 1.54) is 0 Å². The van der Waals surface area contributed by atoms with E-state index in [1.807, 2.05) is 12.1 Å². The molecule has 0 aliphatic carbocycles. The number of rotatable bonds is 3. The van der Waals surface area contributed by atoms with Gasteiger partial charge in [0.1, 0.15) is 0 Å². The summed E-state index contributed by atoms with van der Waals surface area (Å²) in [5.41, 5.74) is 7.71. The lowest BCUT2D eigenvalue weighted by Gasteiger charge is -2.09. The number of halogens is 1. The van der Waals surface area contributed by atoms with Crippen LogP contribution in [0.1, 0.15) is 5.56 Å². The summed E-state index contributed by atoms with van der Waals surface area (Å²) in [6.45, 7) is 0.164. The quantitative estimate of drug-likeness (QED) is 0.855. The number of ether oxygens (including phenoxy) is 2. The van der Waals surface area contributed by atoms with E-state index >= 15 is 0 Å². The van der Waals surface area contributed by atoms with Crippen molar-refractivity contribution in [3.05, 3.63) is 47.0 Å². The van der Waals surface area contributed by atoms with Gasteiger partial charge in [-0.3, -0.25) is 4.79 Å². The normalized spacial score (nSPS) is 12.2. The highest BCUT2D eigenvalue weighted by Crippen LogP contribution is 2.38. The molecule has 2 aromatic carbocycles. The van der Waals surface area contributed by atoms with E-state index in [-0.39, 0.29) is 19.1 Å². The Hall–Kier alpha value is -2.40. The van der Waals surface area contributed by atoms with E-state index in [9.17, 15) is 4.79 Å². The summed E-state index contributed by atoms with van der Waals surface area (Å²) in [5, 5.41) is 3.41. The summed E-state index contributed by atoms with van der Waals surface area (Å²) in [7, 11) is 0. The molecule has 0 saturated heterocycles. The van der Waals surface area contributed by atoms with Crippen LogP contribution >= 0.6 is 11.6 Å². The van der Waals surface area contributed by atoms with Crippen LogP contribution in [0.2, 0.25) is 5.02 Å². The minimum absolute atomic E-state index is 0.164. The van der Waals surface area contributed by atoms with Crippen molar-refractivity contribution >= 4 is 28.9 Å². The number of anilines is 2. The molecule has 3 N–H and O–H groups in total. The van der Waals surface area contributed by atoms with Crippen molar-refractivity contribution in [2.45, 2.75) is 6.42 Å². The fraction of sp³-hybridized carbons (Fsp3) is 0.133. The zero-order valence-corrected chi connectivity index (χ0v) is 11.8. The summed E-state index contributed by atoms with van der Waals surface area (Å²) in [6.07, 6.45) is 0.241. The molecule has 2 aromatic rings. The van der Waals surface area contributed by atoms with Gasteiger partial charge >= 0.3 is 0 Å². The molecule has 0 bridgehead atoms. The average Bonchev–Trinajstić information content (AvgIpc) is 2.89. The first kappa shape index (κ1) is 13.6. The van der Waals surface area contributed by atoms with Crippen molar-refractivity contribution in [2.24, 2.45) is 0 Å². The zero-order chi connectivity index (χ0) is 14.8. The second-order valence-corrected chi connectivity index (χ2v) is 5.08. The van der Waals surface area contributed by atoms with Crippen molar-refractivity contribution in [2.75, 3.05) is 17.8 Å². The van der Waals surface area contributed by atoms with Crippen LogP contribution < -0.4 is 20.5 Å². The molecule has 1 heterocycles. The van der Waals surface area contributed by atoms with Gasteiger partial charge in [0.15, 0.2) is 11.5 Å². The molecular weight excluding hydrogens is 292 g/mol. The minimum atomic E-state index is -0.164. The first-order chi connectivity index (χ1) is 10.1. The summed E-state index contributed by atoms with van der Waals surface area (Å²) in [4.78, 5) is 12.0. The number of nitrogen functional groups attached to an aromatic ring is 1. The highest BCUT2D eigenvalue weighted by Gasteiger charge is 2.17. The largest absolute Gasteiger partial charge is 0.454 e. The van der Waals surface area contributed by atoms with Gasteiger partial charge in [-0.15, -0.1) is 0 Å². The third kappa shape index (κ3) is 3.03. The average molecular weight is 305 g/mol. The van der Waals surface area contributed by atoms with Gasteiger partial charge in [-0.05, 0) is 17.7 Å². The highest BCUT2D eigenvalue weighted by atomic mass is 35.5. The number of hydrogen-bond acceptors (Lipinski definition) is 4. The second kappa shape index (κ2) is 5.54. The molecule has 1 amide bonds. The molecule has 1 aliphatic rings. The van der Waals surface area contributed by atoms with E-state index in [1.54, 1.807) is 24.3 Å². The number of carbonyl (C=O) groups is 1. The minimum Gasteiger partial charge on any atom is -0.454 e. The van der Waals surface area contributed by atoms with Crippen LogP contribution in [-0.2, 0) is 11.2 Å². The maximum Gasteiger partial charge on any atom is 0.231 e. The third-order valence-corrected chi connectivity index (χ3v) is 3.35. The Labute approximate surface area is 126 Å². The van der Waals surface area contributed by atoms with E-state index in [4.69, 9.17) is 26.8 Å². The van der Waals surface area contributed by atoms with Crippen molar-refractivity contribution in [3.63, 3.8) is 0 Å². The Morgan fingerprint density at radius 3 is 2.57 bits per heavy atom. The van der Waals surface area contributed by atoms with Crippen LogP contribution in [0.25, 0.3) is 0 Å². The highest BCUT2D eigenvalue weighted by molar-refractivity contribution is 6.30. The Morgan fingerprint density at radius 1 is 1.19 bits per heavy atom. The Bertz CT molecular complexity index is 686. The van der Waals surface area contributed by atoms with E-state index in [2.05, 4.69) is 5.32 Å². The third-order valence-electron chi connectivity index (χ3n) is 3.10. The van der Waals surface area contributed by atoms with E-state index in [0.717, 1.165) is 5.56 Å². The van der Waals surface area contributed by atoms with E-state index in [0.29, 0.717) is 27.9 Å². The molecular formula is C15H13ClN2O3. The summed E-state index contributed by atoms with van der Waals surface area (Å²) in [6, 6.07) is 10.4. The van der Waals surface area contributed by atoms with Crippen LogP contribution in [0.3, 0.4) is 0 Å². The molecule has 0 radical (unpaired) electrons. The number of benzene rings is 2. The van der Waals surface area contributed by atoms with Crippen molar-refractivity contribution < 1.29 is 14.3 Å². The van der Waals surface area contributed by atoms with Gasteiger partial charge in [0, 0.05) is 17.2 Å². The summed E-state index contributed by atoms with van der Waals surface area (Å²) in [5.74, 6) is 0.997. The first-order valence-electron chi connectivity index (χ1n) is 6.35. The number of carbonyl (C=O) groups excluding carboxylic acids is 1. The lowest BCUT2D eigenvalue weighted by molar-refractivity contribution is -0.115. The first-order valence-corrected chi connectivity index (χ1v) is 6.73. The van der Waals surface area contributed by atoms with Crippen LogP contribution in [0.4, 0.5) is 11.4 Å². The van der Waals surface area contributed by atoms with Crippen LogP contribution in [-0.4, -0.2) is 12.7 Å². The Kier molecular flexibility index (Phi) is 3.58.